The highest BCUT2D eigenvalue weighted by atomic mass is 16.6. The van der Waals surface area contributed by atoms with Crippen molar-refractivity contribution < 1.29 is 23.8 Å². The summed E-state index contributed by atoms with van der Waals surface area (Å²) < 4.78 is 17.0. The second-order valence-electron chi connectivity index (χ2n) is 10.3. The third kappa shape index (κ3) is 4.82. The molecular formula is C31H29N3O5. The summed E-state index contributed by atoms with van der Waals surface area (Å²) in [5.74, 6) is -0.0739. The van der Waals surface area contributed by atoms with Crippen molar-refractivity contribution in [3.05, 3.63) is 95.6 Å². The van der Waals surface area contributed by atoms with Crippen molar-refractivity contribution in [3.8, 4) is 17.2 Å². The molecule has 2 amide bonds. The quantitative estimate of drug-likeness (QED) is 0.506. The molecule has 6 rings (SSSR count). The first-order valence-electron chi connectivity index (χ1n) is 13.2. The lowest BCUT2D eigenvalue weighted by atomic mass is 9.79. The lowest BCUT2D eigenvalue weighted by molar-refractivity contribution is -0.0811. The van der Waals surface area contributed by atoms with Crippen molar-refractivity contribution in [2.24, 2.45) is 0 Å². The zero-order valence-electron chi connectivity index (χ0n) is 21.4. The van der Waals surface area contributed by atoms with Gasteiger partial charge in [-0.25, -0.2) is 9.59 Å². The lowest BCUT2D eigenvalue weighted by Gasteiger charge is -2.50. The first-order valence-corrected chi connectivity index (χ1v) is 13.2. The van der Waals surface area contributed by atoms with Gasteiger partial charge in [0, 0.05) is 18.8 Å². The van der Waals surface area contributed by atoms with Gasteiger partial charge in [-0.15, -0.1) is 0 Å². The monoisotopic (exact) mass is 523 g/mol. The molecule has 1 N–H and O–H groups in total. The standard InChI is InChI=1S/C31H29N3O5/c32-20-31(14-22-17-37-18-23(15-31)34(22)30(36)39-16-21-8-2-1-3-9-21)33-29(35)38-19-28-26-12-6-4-10-24(26)25-11-5-7-13-27(25)28/h1-13,22-23,28H,14-19H2,(H,33,35). The van der Waals surface area contributed by atoms with E-state index < -0.39 is 29.8 Å². The number of nitrogens with zero attached hydrogens (tertiary/aromatic N) is 2. The van der Waals surface area contributed by atoms with E-state index in [0.29, 0.717) is 0 Å². The van der Waals surface area contributed by atoms with E-state index in [1.165, 1.54) is 0 Å². The number of rotatable bonds is 5. The highest BCUT2D eigenvalue weighted by molar-refractivity contribution is 5.79. The minimum Gasteiger partial charge on any atom is -0.449 e. The molecule has 2 heterocycles. The average Bonchev–Trinajstić information content (AvgIpc) is 3.28. The average molecular weight is 524 g/mol. The summed E-state index contributed by atoms with van der Waals surface area (Å²) in [7, 11) is 0. The van der Waals surface area contributed by atoms with E-state index in [-0.39, 0.29) is 45.2 Å². The Morgan fingerprint density at radius 3 is 2.10 bits per heavy atom. The Morgan fingerprint density at radius 2 is 1.49 bits per heavy atom. The number of carbonyl (C=O) groups excluding carboxylic acids is 2. The number of alkyl carbamates (subject to hydrolysis) is 1. The first-order chi connectivity index (χ1) is 19.1. The van der Waals surface area contributed by atoms with Gasteiger partial charge < -0.3 is 19.5 Å². The van der Waals surface area contributed by atoms with Gasteiger partial charge >= 0.3 is 12.2 Å². The number of fused-ring (bicyclic) bond motifs is 5. The molecule has 3 aromatic rings. The van der Waals surface area contributed by atoms with Crippen LogP contribution in [0, 0.1) is 11.3 Å². The van der Waals surface area contributed by atoms with E-state index in [4.69, 9.17) is 14.2 Å². The topological polar surface area (TPSA) is 101 Å². The van der Waals surface area contributed by atoms with Gasteiger partial charge in [0.05, 0.1) is 31.4 Å². The Bertz CT molecular complexity index is 1360. The molecule has 0 spiro atoms. The molecule has 2 fully saturated rings. The molecule has 1 aliphatic carbocycles. The number of benzene rings is 3. The van der Waals surface area contributed by atoms with Gasteiger partial charge in [-0.3, -0.25) is 4.90 Å². The fraction of sp³-hybridized carbons (Fsp3) is 0.323. The number of carbonyl (C=O) groups is 2. The maximum absolute atomic E-state index is 13.0. The van der Waals surface area contributed by atoms with Crippen LogP contribution in [0.1, 0.15) is 35.4 Å². The third-order valence-electron chi connectivity index (χ3n) is 7.89. The molecule has 3 aromatic carbocycles. The third-order valence-corrected chi connectivity index (χ3v) is 7.89. The molecule has 3 aliphatic rings. The van der Waals surface area contributed by atoms with Gasteiger partial charge in [0.15, 0.2) is 0 Å². The molecule has 2 unspecified atom stereocenters. The summed E-state index contributed by atoms with van der Waals surface area (Å²) in [6, 6.07) is 27.3. The summed E-state index contributed by atoms with van der Waals surface area (Å²) in [5, 5.41) is 13.0. The Morgan fingerprint density at radius 1 is 0.897 bits per heavy atom. The summed E-state index contributed by atoms with van der Waals surface area (Å²) in [4.78, 5) is 27.7. The Hall–Kier alpha value is -4.35. The van der Waals surface area contributed by atoms with Crippen molar-refractivity contribution >= 4 is 12.2 Å². The Balaban J connectivity index is 1.11. The van der Waals surface area contributed by atoms with E-state index in [1.54, 1.807) is 4.90 Å². The van der Waals surface area contributed by atoms with Crippen LogP contribution in [-0.2, 0) is 20.8 Å². The van der Waals surface area contributed by atoms with Crippen LogP contribution in [0.4, 0.5) is 9.59 Å². The molecule has 2 bridgehead atoms. The van der Waals surface area contributed by atoms with Crippen molar-refractivity contribution in [1.29, 1.82) is 5.26 Å². The van der Waals surface area contributed by atoms with Crippen molar-refractivity contribution in [2.45, 2.75) is 43.0 Å². The van der Waals surface area contributed by atoms with Crippen LogP contribution < -0.4 is 5.32 Å². The van der Waals surface area contributed by atoms with Gasteiger partial charge in [-0.05, 0) is 27.8 Å². The molecule has 0 saturated carbocycles. The van der Waals surface area contributed by atoms with E-state index in [1.807, 2.05) is 54.6 Å². The zero-order chi connectivity index (χ0) is 26.8. The highest BCUT2D eigenvalue weighted by Gasteiger charge is 2.51. The Kier molecular flexibility index (Phi) is 6.67. The lowest BCUT2D eigenvalue weighted by Crippen LogP contribution is -2.67. The number of nitrogens with one attached hydrogen (secondary N) is 1. The minimum atomic E-state index is -1.17. The summed E-state index contributed by atoms with van der Waals surface area (Å²) in [6.45, 7) is 0.868. The van der Waals surface area contributed by atoms with Gasteiger partial charge in [0.1, 0.15) is 18.8 Å². The van der Waals surface area contributed by atoms with Gasteiger partial charge in [0.2, 0.25) is 0 Å². The van der Waals surface area contributed by atoms with E-state index in [9.17, 15) is 14.9 Å². The van der Waals surface area contributed by atoms with Gasteiger partial charge in [0.25, 0.3) is 0 Å². The van der Waals surface area contributed by atoms with Gasteiger partial charge in [-0.2, -0.15) is 5.26 Å². The number of hydrogen-bond acceptors (Lipinski definition) is 6. The molecule has 8 heteroatoms. The summed E-state index contributed by atoms with van der Waals surface area (Å²) >= 11 is 0. The van der Waals surface area contributed by atoms with Crippen LogP contribution in [0.25, 0.3) is 11.1 Å². The van der Waals surface area contributed by atoms with Crippen molar-refractivity contribution in [3.63, 3.8) is 0 Å². The maximum Gasteiger partial charge on any atom is 0.410 e. The molecule has 8 nitrogen and oxygen atoms in total. The molecule has 0 radical (unpaired) electrons. The van der Waals surface area contributed by atoms with Crippen molar-refractivity contribution in [1.82, 2.24) is 10.2 Å². The second-order valence-corrected chi connectivity index (χ2v) is 10.3. The maximum atomic E-state index is 13.0. The summed E-state index contributed by atoms with van der Waals surface area (Å²) in [5.41, 5.74) is 4.27. The zero-order valence-corrected chi connectivity index (χ0v) is 21.4. The van der Waals surface area contributed by atoms with E-state index in [0.717, 1.165) is 27.8 Å². The molecule has 39 heavy (non-hydrogen) atoms. The van der Waals surface area contributed by atoms with Crippen LogP contribution in [0.3, 0.4) is 0 Å². The van der Waals surface area contributed by atoms with Crippen LogP contribution in [-0.4, -0.2) is 54.5 Å². The number of piperidine rings is 1. The number of ether oxygens (including phenoxy) is 3. The fourth-order valence-electron chi connectivity index (χ4n) is 6.14. The molecule has 0 aromatic heterocycles. The molecule has 2 atom stereocenters. The predicted octanol–water partition coefficient (Wildman–Crippen LogP) is 4.99. The smallest absolute Gasteiger partial charge is 0.410 e. The van der Waals surface area contributed by atoms with Crippen LogP contribution >= 0.6 is 0 Å². The van der Waals surface area contributed by atoms with E-state index >= 15 is 0 Å². The fourth-order valence-corrected chi connectivity index (χ4v) is 6.14. The van der Waals surface area contributed by atoms with Crippen LogP contribution in [0.5, 0.6) is 0 Å². The molecular weight excluding hydrogens is 494 g/mol. The first kappa shape index (κ1) is 25.0. The molecule has 2 saturated heterocycles. The minimum absolute atomic E-state index is 0.0739. The second kappa shape index (κ2) is 10.4. The largest absolute Gasteiger partial charge is 0.449 e. The predicted molar refractivity (Wildman–Crippen MR) is 143 cm³/mol. The molecule has 2 aliphatic heterocycles. The molecule has 198 valence electrons. The van der Waals surface area contributed by atoms with Crippen LogP contribution in [0.2, 0.25) is 0 Å². The van der Waals surface area contributed by atoms with Gasteiger partial charge in [-0.1, -0.05) is 78.9 Å². The number of amides is 2. The Labute approximate surface area is 227 Å². The summed E-state index contributed by atoms with van der Waals surface area (Å²) in [6.07, 6.45) is -0.628. The number of morpholine rings is 1. The SMILES string of the molecule is N#CC1(NC(=O)OCC2c3ccccc3-c3ccccc32)CC2COCC(C1)N2C(=O)OCc1ccccc1. The van der Waals surface area contributed by atoms with Crippen molar-refractivity contribution in [2.75, 3.05) is 19.8 Å². The normalized spacial score (nSPS) is 23.2. The number of nitriles is 1. The van der Waals surface area contributed by atoms with Crippen LogP contribution in [0.15, 0.2) is 78.9 Å². The van der Waals surface area contributed by atoms with E-state index in [2.05, 4.69) is 35.7 Å². The highest BCUT2D eigenvalue weighted by Crippen LogP contribution is 2.44. The number of hydrogen-bond donors (Lipinski definition) is 1.